The highest BCUT2D eigenvalue weighted by Gasteiger charge is 2.17. The first-order chi connectivity index (χ1) is 9.45. The van der Waals surface area contributed by atoms with Gasteiger partial charge in [0.1, 0.15) is 10.9 Å². The fourth-order valence-corrected chi connectivity index (χ4v) is 3.12. The van der Waals surface area contributed by atoms with E-state index < -0.39 is 0 Å². The van der Waals surface area contributed by atoms with Crippen molar-refractivity contribution in [3.8, 4) is 0 Å². The fraction of sp³-hybridized carbons (Fsp3) is 0.267. The molecule has 5 heteroatoms. The molecule has 0 saturated heterocycles. The summed E-state index contributed by atoms with van der Waals surface area (Å²) in [6, 6.07) is 9.33. The molecule has 0 aliphatic rings. The van der Waals surface area contributed by atoms with E-state index in [1.807, 2.05) is 51.1 Å². The largest absolute Gasteiger partial charge is 0.293 e. The molecule has 1 aromatic carbocycles. The molecule has 1 unspecified atom stereocenters. The number of aromatic nitrogens is 2. The number of hydrogen-bond donors (Lipinski definition) is 0. The zero-order chi connectivity index (χ0) is 14.7. The van der Waals surface area contributed by atoms with E-state index in [0.717, 1.165) is 26.6 Å². The van der Waals surface area contributed by atoms with Crippen LogP contribution in [0.5, 0.6) is 0 Å². The third-order valence-corrected chi connectivity index (χ3v) is 4.28. The molecule has 0 bridgehead atoms. The summed E-state index contributed by atoms with van der Waals surface area (Å²) < 4.78 is 0.969. The molecule has 0 radical (unpaired) electrons. The van der Waals surface area contributed by atoms with E-state index in [1.54, 1.807) is 0 Å². The molecular weight excluding hydrogens is 336 g/mol. The molecule has 20 heavy (non-hydrogen) atoms. The van der Waals surface area contributed by atoms with Crippen molar-refractivity contribution < 1.29 is 4.79 Å². The van der Waals surface area contributed by atoms with E-state index in [9.17, 15) is 4.79 Å². The molecule has 104 valence electrons. The van der Waals surface area contributed by atoms with Crippen LogP contribution in [0.1, 0.15) is 28.8 Å². The van der Waals surface area contributed by atoms with Gasteiger partial charge in [0, 0.05) is 15.7 Å². The Kier molecular flexibility index (Phi) is 4.94. The standard InChI is InChI=1S/C15H15BrN2OS/c1-9-8-14(18-11(3)17-9)20-10(2)15(19)12-4-6-13(16)7-5-12/h4-8,10H,1-3H3. The topological polar surface area (TPSA) is 42.9 Å². The molecule has 0 N–H and O–H groups in total. The Bertz CT molecular complexity index is 608. The molecule has 1 heterocycles. The van der Waals surface area contributed by atoms with Crippen LogP contribution in [0.15, 0.2) is 39.8 Å². The highest BCUT2D eigenvalue weighted by molar-refractivity contribution is 9.10. The second-order valence-corrected chi connectivity index (χ2v) is 6.80. The Balaban J connectivity index is 2.13. The Labute approximate surface area is 131 Å². The number of nitrogens with zero attached hydrogens (tertiary/aromatic N) is 2. The van der Waals surface area contributed by atoms with Gasteiger partial charge in [-0.15, -0.1) is 0 Å². The quantitative estimate of drug-likeness (QED) is 0.470. The number of thioether (sulfide) groups is 1. The molecule has 0 aliphatic carbocycles. The molecule has 0 amide bonds. The number of Topliss-reactive ketones (excluding diaryl/α,β-unsaturated/α-hetero) is 1. The Morgan fingerprint density at radius 3 is 2.45 bits per heavy atom. The van der Waals surface area contributed by atoms with Crippen molar-refractivity contribution in [3.05, 3.63) is 51.9 Å². The van der Waals surface area contributed by atoms with Crippen LogP contribution in [-0.4, -0.2) is 21.0 Å². The van der Waals surface area contributed by atoms with Crippen LogP contribution < -0.4 is 0 Å². The molecule has 0 fully saturated rings. The summed E-state index contributed by atoms with van der Waals surface area (Å²) >= 11 is 4.83. The van der Waals surface area contributed by atoms with Crippen LogP contribution in [0.2, 0.25) is 0 Å². The van der Waals surface area contributed by atoms with Crippen molar-refractivity contribution in [2.24, 2.45) is 0 Å². The third kappa shape index (κ3) is 3.90. The number of rotatable bonds is 4. The number of benzene rings is 1. The van der Waals surface area contributed by atoms with Gasteiger partial charge in [-0.05, 0) is 39.0 Å². The van der Waals surface area contributed by atoms with Crippen molar-refractivity contribution in [3.63, 3.8) is 0 Å². The van der Waals surface area contributed by atoms with Gasteiger partial charge in [0.05, 0.1) is 5.25 Å². The predicted molar refractivity (Wildman–Crippen MR) is 85.3 cm³/mol. The van der Waals surface area contributed by atoms with Gasteiger partial charge in [-0.25, -0.2) is 9.97 Å². The van der Waals surface area contributed by atoms with Crippen molar-refractivity contribution in [2.45, 2.75) is 31.0 Å². The van der Waals surface area contributed by atoms with Crippen molar-refractivity contribution in [1.29, 1.82) is 0 Å². The number of carbonyl (C=O) groups is 1. The first-order valence-corrected chi connectivity index (χ1v) is 7.91. The van der Waals surface area contributed by atoms with E-state index in [0.29, 0.717) is 0 Å². The lowest BCUT2D eigenvalue weighted by atomic mass is 10.1. The third-order valence-electron chi connectivity index (χ3n) is 2.74. The van der Waals surface area contributed by atoms with Crippen molar-refractivity contribution >= 4 is 33.5 Å². The summed E-state index contributed by atoms with van der Waals surface area (Å²) in [4.78, 5) is 20.9. The molecule has 0 aliphatic heterocycles. The Morgan fingerprint density at radius 1 is 1.20 bits per heavy atom. The molecule has 3 nitrogen and oxygen atoms in total. The summed E-state index contributed by atoms with van der Waals surface area (Å²) in [5.74, 6) is 0.840. The maximum absolute atomic E-state index is 12.4. The van der Waals surface area contributed by atoms with Crippen LogP contribution in [0.3, 0.4) is 0 Å². The minimum atomic E-state index is -0.176. The van der Waals surface area contributed by atoms with Crippen LogP contribution in [0, 0.1) is 13.8 Å². The van der Waals surface area contributed by atoms with E-state index >= 15 is 0 Å². The molecule has 1 atom stereocenters. The van der Waals surface area contributed by atoms with Gasteiger partial charge in [-0.1, -0.05) is 39.8 Å². The van der Waals surface area contributed by atoms with Gasteiger partial charge in [0.2, 0.25) is 0 Å². The van der Waals surface area contributed by atoms with Gasteiger partial charge in [-0.3, -0.25) is 4.79 Å². The van der Waals surface area contributed by atoms with E-state index in [4.69, 9.17) is 0 Å². The number of hydrogen-bond acceptors (Lipinski definition) is 4. The number of carbonyl (C=O) groups excluding carboxylic acids is 1. The lowest BCUT2D eigenvalue weighted by molar-refractivity contribution is 0.0994. The smallest absolute Gasteiger partial charge is 0.175 e. The monoisotopic (exact) mass is 350 g/mol. The van der Waals surface area contributed by atoms with Crippen LogP contribution >= 0.6 is 27.7 Å². The Morgan fingerprint density at radius 2 is 1.85 bits per heavy atom. The summed E-state index contributed by atoms with van der Waals surface area (Å²) in [7, 11) is 0. The summed E-state index contributed by atoms with van der Waals surface area (Å²) in [5, 5.41) is 0.665. The molecular formula is C15H15BrN2OS. The summed E-state index contributed by atoms with van der Waals surface area (Å²) in [5.41, 5.74) is 1.64. The number of halogens is 1. The average molecular weight is 351 g/mol. The predicted octanol–water partition coefficient (Wildman–Crippen LogP) is 4.22. The molecule has 0 saturated carbocycles. The van der Waals surface area contributed by atoms with Crippen molar-refractivity contribution in [2.75, 3.05) is 0 Å². The normalized spacial score (nSPS) is 12.2. The van der Waals surface area contributed by atoms with E-state index in [2.05, 4.69) is 25.9 Å². The van der Waals surface area contributed by atoms with E-state index in [-0.39, 0.29) is 11.0 Å². The zero-order valence-corrected chi connectivity index (χ0v) is 14.0. The lowest BCUT2D eigenvalue weighted by Crippen LogP contribution is -2.13. The van der Waals surface area contributed by atoms with Gasteiger partial charge >= 0.3 is 0 Å². The highest BCUT2D eigenvalue weighted by Crippen LogP contribution is 2.25. The molecule has 0 spiro atoms. The van der Waals surface area contributed by atoms with Crippen molar-refractivity contribution in [1.82, 2.24) is 9.97 Å². The van der Waals surface area contributed by atoms with Crippen LogP contribution in [0.4, 0.5) is 0 Å². The maximum Gasteiger partial charge on any atom is 0.175 e. The first kappa shape index (κ1) is 15.2. The van der Waals surface area contributed by atoms with Gasteiger partial charge < -0.3 is 0 Å². The second kappa shape index (κ2) is 6.50. The lowest BCUT2D eigenvalue weighted by Gasteiger charge is -2.10. The SMILES string of the molecule is Cc1cc(SC(C)C(=O)c2ccc(Br)cc2)nc(C)n1. The highest BCUT2D eigenvalue weighted by atomic mass is 79.9. The summed E-state index contributed by atoms with van der Waals surface area (Å²) in [6.45, 7) is 5.69. The number of ketones is 1. The minimum Gasteiger partial charge on any atom is -0.293 e. The Hall–Kier alpha value is -1.20. The van der Waals surface area contributed by atoms with Crippen LogP contribution in [0.25, 0.3) is 0 Å². The zero-order valence-electron chi connectivity index (χ0n) is 11.6. The minimum absolute atomic E-state index is 0.108. The molecule has 2 rings (SSSR count). The molecule has 2 aromatic rings. The summed E-state index contributed by atoms with van der Waals surface area (Å²) in [6.07, 6.45) is 0. The van der Waals surface area contributed by atoms with Gasteiger partial charge in [0.15, 0.2) is 5.78 Å². The fourth-order valence-electron chi connectivity index (χ4n) is 1.83. The second-order valence-electron chi connectivity index (χ2n) is 4.53. The van der Waals surface area contributed by atoms with Gasteiger partial charge in [-0.2, -0.15) is 0 Å². The molecule has 1 aromatic heterocycles. The van der Waals surface area contributed by atoms with Crippen LogP contribution in [-0.2, 0) is 0 Å². The van der Waals surface area contributed by atoms with Gasteiger partial charge in [0.25, 0.3) is 0 Å². The average Bonchev–Trinajstić information content (AvgIpc) is 2.37. The van der Waals surface area contributed by atoms with E-state index in [1.165, 1.54) is 11.8 Å². The maximum atomic E-state index is 12.4. The number of aryl methyl sites for hydroxylation is 2. The first-order valence-electron chi connectivity index (χ1n) is 6.24.